The number of benzene rings is 1. The van der Waals surface area contributed by atoms with Crippen LogP contribution in [0.2, 0.25) is 0 Å². The molecule has 10 nitrogen and oxygen atoms in total. The van der Waals surface area contributed by atoms with Gasteiger partial charge in [-0.1, -0.05) is 0 Å². The SMILES string of the molecule is CC(C)(C)NC1CCC(N2CCC(Nc3nc(COCCN)nc4ccc(C(F)(F)F)cc34)C2=O)CC1.CC(N)=O. The molecule has 1 aromatic heterocycles. The molecule has 0 bridgehead atoms. The second-order valence-corrected chi connectivity index (χ2v) is 11.6. The van der Waals surface area contributed by atoms with Crippen molar-refractivity contribution in [3.63, 3.8) is 0 Å². The number of amides is 2. The molecule has 2 fully saturated rings. The number of nitrogens with one attached hydrogen (secondary N) is 2. The highest BCUT2D eigenvalue weighted by Gasteiger charge is 2.38. The van der Waals surface area contributed by atoms with Gasteiger partial charge in [-0.25, -0.2) is 9.97 Å². The van der Waals surface area contributed by atoms with Gasteiger partial charge in [-0.15, -0.1) is 0 Å². The molecule has 1 saturated heterocycles. The van der Waals surface area contributed by atoms with Gasteiger partial charge >= 0.3 is 6.18 Å². The molecule has 2 aliphatic rings. The molecule has 2 amide bonds. The summed E-state index contributed by atoms with van der Waals surface area (Å²) in [6, 6.07) is 3.41. The van der Waals surface area contributed by atoms with E-state index in [0.717, 1.165) is 37.8 Å². The van der Waals surface area contributed by atoms with E-state index in [4.69, 9.17) is 10.5 Å². The summed E-state index contributed by atoms with van der Waals surface area (Å²) in [4.78, 5) is 33.3. The van der Waals surface area contributed by atoms with Gasteiger partial charge < -0.3 is 31.7 Å². The zero-order chi connectivity index (χ0) is 30.4. The van der Waals surface area contributed by atoms with Crippen LogP contribution >= 0.6 is 0 Å². The number of anilines is 1. The molecular formula is C28H42F3N7O3. The van der Waals surface area contributed by atoms with Gasteiger partial charge in [0.2, 0.25) is 11.8 Å². The Kier molecular flexibility index (Phi) is 10.9. The molecule has 228 valence electrons. The van der Waals surface area contributed by atoms with Crippen molar-refractivity contribution in [1.29, 1.82) is 0 Å². The lowest BCUT2D eigenvalue weighted by Gasteiger charge is -2.37. The van der Waals surface area contributed by atoms with Gasteiger partial charge in [-0.2, -0.15) is 13.2 Å². The number of fused-ring (bicyclic) bond motifs is 1. The molecule has 13 heteroatoms. The number of alkyl halides is 3. The number of primary amides is 1. The van der Waals surface area contributed by atoms with Gasteiger partial charge in [-0.3, -0.25) is 9.59 Å². The first kappa shape index (κ1) is 32.5. The maximum absolute atomic E-state index is 13.4. The van der Waals surface area contributed by atoms with Crippen LogP contribution in [0.1, 0.15) is 71.2 Å². The van der Waals surface area contributed by atoms with E-state index in [9.17, 15) is 22.8 Å². The predicted octanol–water partition coefficient (Wildman–Crippen LogP) is 3.33. The summed E-state index contributed by atoms with van der Waals surface area (Å²) in [7, 11) is 0. The van der Waals surface area contributed by atoms with Crippen molar-refractivity contribution < 1.29 is 27.5 Å². The Morgan fingerprint density at radius 2 is 1.78 bits per heavy atom. The minimum atomic E-state index is -4.50. The van der Waals surface area contributed by atoms with E-state index in [-0.39, 0.29) is 41.2 Å². The maximum Gasteiger partial charge on any atom is 0.416 e. The Hall–Kier alpha value is -3.03. The third-order valence-electron chi connectivity index (χ3n) is 6.89. The topological polar surface area (TPSA) is 148 Å². The maximum atomic E-state index is 13.4. The number of hydrogen-bond acceptors (Lipinski definition) is 8. The number of ether oxygens (including phenoxy) is 1. The highest BCUT2D eigenvalue weighted by Crippen LogP contribution is 2.34. The highest BCUT2D eigenvalue weighted by atomic mass is 19.4. The van der Waals surface area contributed by atoms with E-state index in [1.54, 1.807) is 0 Å². The number of halogens is 3. The van der Waals surface area contributed by atoms with E-state index in [1.807, 2.05) is 4.90 Å². The van der Waals surface area contributed by atoms with Crippen LogP contribution in [0.15, 0.2) is 18.2 Å². The largest absolute Gasteiger partial charge is 0.416 e. The van der Waals surface area contributed by atoms with Crippen molar-refractivity contribution in [2.45, 2.75) is 96.2 Å². The number of carbonyl (C=O) groups excluding carboxylic acids is 2. The molecule has 1 aromatic carbocycles. The molecule has 1 aliphatic carbocycles. The summed E-state index contributed by atoms with van der Waals surface area (Å²) in [6.45, 7) is 9.09. The molecule has 0 spiro atoms. The minimum Gasteiger partial charge on any atom is -0.372 e. The fourth-order valence-electron chi connectivity index (χ4n) is 5.28. The highest BCUT2D eigenvalue weighted by molar-refractivity contribution is 5.93. The van der Waals surface area contributed by atoms with Crippen molar-refractivity contribution in [1.82, 2.24) is 20.2 Å². The monoisotopic (exact) mass is 581 g/mol. The first-order valence-electron chi connectivity index (χ1n) is 13.9. The summed E-state index contributed by atoms with van der Waals surface area (Å²) in [5.41, 5.74) is 9.56. The second kappa shape index (κ2) is 13.8. The molecular weight excluding hydrogens is 539 g/mol. The smallest absolute Gasteiger partial charge is 0.372 e. The van der Waals surface area contributed by atoms with E-state index < -0.39 is 17.8 Å². The summed E-state index contributed by atoms with van der Waals surface area (Å²) < 4.78 is 45.7. The summed E-state index contributed by atoms with van der Waals surface area (Å²) >= 11 is 0. The molecule has 1 saturated carbocycles. The third-order valence-corrected chi connectivity index (χ3v) is 6.89. The lowest BCUT2D eigenvalue weighted by atomic mass is 9.89. The normalized spacial score (nSPS) is 21.5. The van der Waals surface area contributed by atoms with Crippen LogP contribution < -0.4 is 22.1 Å². The van der Waals surface area contributed by atoms with Crippen LogP contribution in [0, 0.1) is 0 Å². The minimum absolute atomic E-state index is 0.0353. The van der Waals surface area contributed by atoms with Crippen molar-refractivity contribution in [3.05, 3.63) is 29.6 Å². The molecule has 0 radical (unpaired) electrons. The molecule has 41 heavy (non-hydrogen) atoms. The van der Waals surface area contributed by atoms with Crippen LogP contribution in [0.4, 0.5) is 19.0 Å². The van der Waals surface area contributed by atoms with E-state index in [1.165, 1.54) is 13.0 Å². The number of nitrogens with two attached hydrogens (primary N) is 2. The van der Waals surface area contributed by atoms with Crippen molar-refractivity contribution in [2.24, 2.45) is 11.5 Å². The standard InChI is InChI=1S/C26H37F3N6O2.C2H5NO/c1-25(2,3)34-17-5-7-18(8-6-17)35-12-10-21(24(35)36)32-23-19-14-16(26(27,28)29)4-9-20(19)31-22(33-23)15-37-13-11-30;1-2(3)4/h4,9,14,17-18,21,34H,5-8,10-13,15,30H2,1-3H3,(H,31,32,33);1H3,(H2,3,4). The van der Waals surface area contributed by atoms with Gasteiger partial charge in [-0.05, 0) is 71.1 Å². The van der Waals surface area contributed by atoms with Gasteiger partial charge in [0, 0.05) is 43.0 Å². The van der Waals surface area contributed by atoms with Crippen molar-refractivity contribution in [2.75, 3.05) is 25.0 Å². The van der Waals surface area contributed by atoms with Gasteiger partial charge in [0.25, 0.3) is 0 Å². The molecule has 1 aliphatic heterocycles. The average Bonchev–Trinajstić information content (AvgIpc) is 3.22. The predicted molar refractivity (Wildman–Crippen MR) is 151 cm³/mol. The van der Waals surface area contributed by atoms with E-state index >= 15 is 0 Å². The number of nitrogens with zero attached hydrogens (tertiary/aromatic N) is 3. The third kappa shape index (κ3) is 9.50. The first-order chi connectivity index (χ1) is 19.2. The number of rotatable bonds is 8. The number of aromatic nitrogens is 2. The lowest BCUT2D eigenvalue weighted by Crippen LogP contribution is -2.49. The fraction of sp³-hybridized carbons (Fsp3) is 0.643. The summed E-state index contributed by atoms with van der Waals surface area (Å²) in [6.07, 6.45) is -0.0720. The van der Waals surface area contributed by atoms with Gasteiger partial charge in [0.15, 0.2) is 5.82 Å². The zero-order valence-electron chi connectivity index (χ0n) is 24.2. The number of carbonyl (C=O) groups is 2. The van der Waals surface area contributed by atoms with Crippen molar-refractivity contribution in [3.8, 4) is 0 Å². The molecule has 6 N–H and O–H groups in total. The number of likely N-dealkylation sites (tertiary alicyclic amines) is 1. The second-order valence-electron chi connectivity index (χ2n) is 11.6. The zero-order valence-corrected chi connectivity index (χ0v) is 24.2. The Labute approximate surface area is 238 Å². The molecule has 2 aromatic rings. The summed E-state index contributed by atoms with van der Waals surface area (Å²) in [5.74, 6) is 0.155. The van der Waals surface area contributed by atoms with Crippen LogP contribution in [-0.4, -0.2) is 70.0 Å². The molecule has 1 atom stereocenters. The average molecular weight is 582 g/mol. The molecule has 4 rings (SSSR count). The Bertz CT molecular complexity index is 1190. The Balaban J connectivity index is 0.00000108. The first-order valence-corrected chi connectivity index (χ1v) is 13.9. The lowest BCUT2D eigenvalue weighted by molar-refractivity contribution is -0.137. The number of hydrogen-bond donors (Lipinski definition) is 4. The van der Waals surface area contributed by atoms with Gasteiger partial charge in [0.1, 0.15) is 18.5 Å². The van der Waals surface area contributed by atoms with Crippen LogP contribution in [0.3, 0.4) is 0 Å². The van der Waals surface area contributed by atoms with Crippen LogP contribution in [0.25, 0.3) is 10.9 Å². The van der Waals surface area contributed by atoms with Crippen LogP contribution in [0.5, 0.6) is 0 Å². The van der Waals surface area contributed by atoms with Crippen LogP contribution in [-0.2, 0) is 27.1 Å². The Morgan fingerprint density at radius 1 is 1.12 bits per heavy atom. The van der Waals surface area contributed by atoms with Crippen molar-refractivity contribution >= 4 is 28.5 Å². The summed E-state index contributed by atoms with van der Waals surface area (Å²) in [5, 5.41) is 7.02. The molecule has 1 unspecified atom stereocenters. The van der Waals surface area contributed by atoms with Gasteiger partial charge in [0.05, 0.1) is 17.7 Å². The quantitative estimate of drug-likeness (QED) is 0.347. The Morgan fingerprint density at radius 3 is 2.37 bits per heavy atom. The fourth-order valence-corrected chi connectivity index (χ4v) is 5.28. The van der Waals surface area contributed by atoms with E-state index in [2.05, 4.69) is 47.1 Å². The van der Waals surface area contributed by atoms with E-state index in [0.29, 0.717) is 43.5 Å². The molecule has 2 heterocycles.